The molecule has 0 heterocycles. The van der Waals surface area contributed by atoms with Crippen LogP contribution < -0.4 is 10.2 Å². The Labute approximate surface area is 136 Å². The zero-order valence-corrected chi connectivity index (χ0v) is 13.4. The molecule has 0 aromatic heterocycles. The number of hydrazone groups is 1. The van der Waals surface area contributed by atoms with Crippen LogP contribution in [0, 0.1) is 5.82 Å². The summed E-state index contributed by atoms with van der Waals surface area (Å²) in [6.07, 6.45) is 0. The van der Waals surface area contributed by atoms with Crippen molar-refractivity contribution < 1.29 is 13.9 Å². The summed E-state index contributed by atoms with van der Waals surface area (Å²) < 4.78 is 19.4. The van der Waals surface area contributed by atoms with E-state index < -0.39 is 11.7 Å². The fourth-order valence-corrected chi connectivity index (χ4v) is 1.90. The molecule has 0 fully saturated rings. The average Bonchev–Trinajstić information content (AvgIpc) is 2.52. The van der Waals surface area contributed by atoms with Gasteiger partial charge in [-0.2, -0.15) is 5.10 Å². The molecule has 2 rings (SSSR count). The summed E-state index contributed by atoms with van der Waals surface area (Å²) in [5, 5.41) is 3.99. The number of carbonyl (C=O) groups is 1. The van der Waals surface area contributed by atoms with E-state index in [1.165, 1.54) is 12.1 Å². The van der Waals surface area contributed by atoms with Gasteiger partial charge in [-0.05, 0) is 36.8 Å². The Bertz CT molecular complexity index is 687. The minimum absolute atomic E-state index is 0.0336. The first-order valence-corrected chi connectivity index (χ1v) is 7.32. The Morgan fingerprint density at radius 1 is 1.23 bits per heavy atom. The fraction of sp³-hybridized carbons (Fsp3) is 0.125. The largest absolute Gasteiger partial charge is 0.481 e. The smallest absolute Gasteiger partial charge is 0.277 e. The molecule has 1 amide bonds. The highest BCUT2D eigenvalue weighted by Crippen LogP contribution is 2.15. The van der Waals surface area contributed by atoms with Gasteiger partial charge < -0.3 is 4.74 Å². The van der Waals surface area contributed by atoms with Crippen molar-refractivity contribution in [3.05, 3.63) is 64.4 Å². The molecule has 0 radical (unpaired) electrons. The number of rotatable bonds is 5. The summed E-state index contributed by atoms with van der Waals surface area (Å²) in [6.45, 7) is 1.47. The molecule has 1 N–H and O–H groups in total. The van der Waals surface area contributed by atoms with E-state index in [4.69, 9.17) is 4.74 Å². The van der Waals surface area contributed by atoms with Crippen LogP contribution in [0.4, 0.5) is 4.39 Å². The van der Waals surface area contributed by atoms with Gasteiger partial charge in [0.25, 0.3) is 5.91 Å². The van der Waals surface area contributed by atoms with Crippen LogP contribution >= 0.6 is 15.9 Å². The minimum Gasteiger partial charge on any atom is -0.481 e. The van der Waals surface area contributed by atoms with Crippen molar-refractivity contribution in [1.82, 2.24) is 5.43 Å². The van der Waals surface area contributed by atoms with Crippen molar-refractivity contribution in [3.63, 3.8) is 0 Å². The fourth-order valence-electron chi connectivity index (χ4n) is 1.64. The zero-order valence-electron chi connectivity index (χ0n) is 11.8. The quantitative estimate of drug-likeness (QED) is 0.651. The molecule has 0 bridgehead atoms. The molecule has 6 heteroatoms. The first-order valence-electron chi connectivity index (χ1n) is 6.52. The summed E-state index contributed by atoms with van der Waals surface area (Å²) in [4.78, 5) is 11.6. The maximum absolute atomic E-state index is 13.3. The van der Waals surface area contributed by atoms with Crippen LogP contribution in [0.3, 0.4) is 0 Å². The third-order valence-electron chi connectivity index (χ3n) is 2.81. The number of nitrogens with zero attached hydrogens (tertiary/aromatic N) is 1. The Balaban J connectivity index is 1.88. The lowest BCUT2D eigenvalue weighted by atomic mass is 10.1. The average molecular weight is 365 g/mol. The van der Waals surface area contributed by atoms with Crippen molar-refractivity contribution in [2.24, 2.45) is 5.10 Å². The van der Waals surface area contributed by atoms with Crippen molar-refractivity contribution >= 4 is 27.5 Å². The minimum atomic E-state index is -0.509. The summed E-state index contributed by atoms with van der Waals surface area (Å²) in [5.41, 5.74) is 3.92. The number of halogens is 2. The zero-order chi connectivity index (χ0) is 15.9. The van der Waals surface area contributed by atoms with Gasteiger partial charge in [0, 0.05) is 4.47 Å². The molecule has 0 spiro atoms. The van der Waals surface area contributed by atoms with Gasteiger partial charge in [-0.1, -0.05) is 40.2 Å². The molecule has 22 heavy (non-hydrogen) atoms. The summed E-state index contributed by atoms with van der Waals surface area (Å²) in [7, 11) is 0. The van der Waals surface area contributed by atoms with Crippen LogP contribution in [0.5, 0.6) is 5.75 Å². The summed E-state index contributed by atoms with van der Waals surface area (Å²) in [6, 6.07) is 13.4. The van der Waals surface area contributed by atoms with Gasteiger partial charge in [-0.15, -0.1) is 0 Å². The molecular weight excluding hydrogens is 351 g/mol. The molecule has 0 saturated heterocycles. The van der Waals surface area contributed by atoms with E-state index in [1.807, 2.05) is 24.3 Å². The molecular formula is C16H14BrFN2O2. The summed E-state index contributed by atoms with van der Waals surface area (Å²) in [5.74, 6) is -0.934. The van der Waals surface area contributed by atoms with Crippen molar-refractivity contribution in [2.45, 2.75) is 6.92 Å². The van der Waals surface area contributed by atoms with Gasteiger partial charge in [0.1, 0.15) is 0 Å². The lowest BCUT2D eigenvalue weighted by Crippen LogP contribution is -2.25. The molecule has 0 saturated carbocycles. The SMILES string of the molecule is CC(=NNC(=O)COc1ccccc1F)c1ccc(Br)cc1. The van der Waals surface area contributed by atoms with Gasteiger partial charge in [0.15, 0.2) is 18.2 Å². The van der Waals surface area contributed by atoms with Gasteiger partial charge in [0.2, 0.25) is 0 Å². The molecule has 0 atom stereocenters. The van der Waals surface area contributed by atoms with Gasteiger partial charge in [-0.25, -0.2) is 9.82 Å². The van der Waals surface area contributed by atoms with E-state index in [0.717, 1.165) is 10.0 Å². The van der Waals surface area contributed by atoms with E-state index in [-0.39, 0.29) is 12.4 Å². The predicted molar refractivity (Wildman–Crippen MR) is 86.4 cm³/mol. The monoisotopic (exact) mass is 364 g/mol. The highest BCUT2D eigenvalue weighted by atomic mass is 79.9. The molecule has 0 unspecified atom stereocenters. The molecule has 2 aromatic carbocycles. The van der Waals surface area contributed by atoms with Crippen LogP contribution in [0.2, 0.25) is 0 Å². The Morgan fingerprint density at radius 2 is 1.91 bits per heavy atom. The second-order valence-corrected chi connectivity index (χ2v) is 5.37. The number of hydrogen-bond acceptors (Lipinski definition) is 3. The number of amides is 1. The maximum atomic E-state index is 13.3. The second kappa shape index (κ2) is 7.70. The van der Waals surface area contributed by atoms with Gasteiger partial charge in [-0.3, -0.25) is 4.79 Å². The first kappa shape index (κ1) is 16.2. The normalized spacial score (nSPS) is 11.1. The standard InChI is InChI=1S/C16H14BrFN2O2/c1-11(12-6-8-13(17)9-7-12)19-20-16(21)10-22-15-5-3-2-4-14(15)18/h2-9H,10H2,1H3,(H,20,21). The van der Waals surface area contributed by atoms with Crippen LogP contribution in [0.25, 0.3) is 0 Å². The molecule has 0 aliphatic rings. The Morgan fingerprint density at radius 3 is 2.59 bits per heavy atom. The molecule has 114 valence electrons. The molecule has 0 aliphatic heterocycles. The number of para-hydroxylation sites is 1. The number of benzene rings is 2. The first-order chi connectivity index (χ1) is 10.6. The second-order valence-electron chi connectivity index (χ2n) is 4.46. The molecule has 4 nitrogen and oxygen atoms in total. The number of ether oxygens (including phenoxy) is 1. The van der Waals surface area contributed by atoms with Gasteiger partial charge in [0.05, 0.1) is 5.71 Å². The van der Waals surface area contributed by atoms with Crippen LogP contribution in [-0.2, 0) is 4.79 Å². The van der Waals surface area contributed by atoms with E-state index in [2.05, 4.69) is 26.5 Å². The number of carbonyl (C=O) groups excluding carboxylic acids is 1. The lowest BCUT2D eigenvalue weighted by molar-refractivity contribution is -0.123. The lowest BCUT2D eigenvalue weighted by Gasteiger charge is -2.06. The molecule has 0 aliphatic carbocycles. The van der Waals surface area contributed by atoms with Crippen molar-refractivity contribution in [3.8, 4) is 5.75 Å². The topological polar surface area (TPSA) is 50.7 Å². The summed E-state index contributed by atoms with van der Waals surface area (Å²) >= 11 is 3.35. The number of hydrogen-bond donors (Lipinski definition) is 1. The predicted octanol–water partition coefficient (Wildman–Crippen LogP) is 3.51. The third-order valence-corrected chi connectivity index (χ3v) is 3.33. The highest BCUT2D eigenvalue weighted by molar-refractivity contribution is 9.10. The number of nitrogens with one attached hydrogen (secondary N) is 1. The van der Waals surface area contributed by atoms with Crippen LogP contribution in [0.1, 0.15) is 12.5 Å². The van der Waals surface area contributed by atoms with E-state index >= 15 is 0 Å². The van der Waals surface area contributed by atoms with E-state index in [0.29, 0.717) is 5.71 Å². The van der Waals surface area contributed by atoms with E-state index in [9.17, 15) is 9.18 Å². The van der Waals surface area contributed by atoms with Crippen molar-refractivity contribution in [1.29, 1.82) is 0 Å². The maximum Gasteiger partial charge on any atom is 0.277 e. The third kappa shape index (κ3) is 4.66. The van der Waals surface area contributed by atoms with Crippen LogP contribution in [0.15, 0.2) is 58.1 Å². The Kier molecular flexibility index (Phi) is 5.66. The van der Waals surface area contributed by atoms with Crippen molar-refractivity contribution in [2.75, 3.05) is 6.61 Å². The molecule has 2 aromatic rings. The Hall–Kier alpha value is -2.21. The highest BCUT2D eigenvalue weighted by Gasteiger charge is 2.06. The van der Waals surface area contributed by atoms with Crippen LogP contribution in [-0.4, -0.2) is 18.2 Å². The van der Waals surface area contributed by atoms with E-state index in [1.54, 1.807) is 19.1 Å². The van der Waals surface area contributed by atoms with Gasteiger partial charge >= 0.3 is 0 Å².